The van der Waals surface area contributed by atoms with Crippen LogP contribution in [0.25, 0.3) is 22.3 Å². The van der Waals surface area contributed by atoms with Crippen LogP contribution in [-0.2, 0) is 11.2 Å². The Morgan fingerprint density at radius 1 is 0.970 bits per heavy atom. The van der Waals surface area contributed by atoms with Gasteiger partial charge in [0.1, 0.15) is 0 Å². The highest BCUT2D eigenvalue weighted by Crippen LogP contribution is 2.33. The molecule has 0 spiro atoms. The van der Waals surface area contributed by atoms with E-state index in [0.29, 0.717) is 30.9 Å². The van der Waals surface area contributed by atoms with Crippen molar-refractivity contribution in [1.82, 2.24) is 19.9 Å². The standard InChI is InChI=1S/C25H26N6O2/c32-16-22-20-4-2-1-3-17(20)8-10-31(22)25-28-23(19-5-6-21-18(15-19)7-9-26-21)27-24(29-25)30-11-13-33-14-12-30/h1-7,9,15,22,26,32H,8,10-14,16H2/t22-/m1/s1. The third-order valence-corrected chi connectivity index (χ3v) is 6.56. The number of aliphatic hydroxyl groups excluding tert-OH is 1. The number of aromatic nitrogens is 4. The summed E-state index contributed by atoms with van der Waals surface area (Å²) < 4.78 is 5.54. The first-order valence-electron chi connectivity index (χ1n) is 11.4. The van der Waals surface area contributed by atoms with Crippen LogP contribution in [0.4, 0.5) is 11.9 Å². The molecule has 2 aromatic carbocycles. The van der Waals surface area contributed by atoms with Crippen LogP contribution in [0.5, 0.6) is 0 Å². The summed E-state index contributed by atoms with van der Waals surface area (Å²) in [6.07, 6.45) is 2.82. The van der Waals surface area contributed by atoms with Crippen molar-refractivity contribution in [2.24, 2.45) is 0 Å². The van der Waals surface area contributed by atoms with Crippen LogP contribution in [0.15, 0.2) is 54.7 Å². The van der Waals surface area contributed by atoms with Gasteiger partial charge in [-0.3, -0.25) is 0 Å². The van der Waals surface area contributed by atoms with Crippen molar-refractivity contribution >= 4 is 22.8 Å². The monoisotopic (exact) mass is 442 g/mol. The van der Waals surface area contributed by atoms with Gasteiger partial charge < -0.3 is 24.6 Å². The van der Waals surface area contributed by atoms with Crippen LogP contribution in [0.1, 0.15) is 17.2 Å². The van der Waals surface area contributed by atoms with Crippen LogP contribution in [0, 0.1) is 0 Å². The number of aliphatic hydroxyl groups is 1. The zero-order valence-corrected chi connectivity index (χ0v) is 18.3. The second kappa shape index (κ2) is 8.46. The van der Waals surface area contributed by atoms with Gasteiger partial charge in [0.25, 0.3) is 0 Å². The lowest BCUT2D eigenvalue weighted by Gasteiger charge is -2.37. The molecule has 0 unspecified atom stereocenters. The van der Waals surface area contributed by atoms with E-state index in [2.05, 4.69) is 45.1 Å². The van der Waals surface area contributed by atoms with Crippen molar-refractivity contribution in [2.75, 3.05) is 49.3 Å². The average Bonchev–Trinajstić information content (AvgIpc) is 3.36. The summed E-state index contributed by atoms with van der Waals surface area (Å²) in [6, 6.07) is 16.4. The number of hydrogen-bond acceptors (Lipinski definition) is 7. The molecule has 2 aliphatic rings. The van der Waals surface area contributed by atoms with Gasteiger partial charge in [0.05, 0.1) is 25.9 Å². The van der Waals surface area contributed by atoms with Crippen LogP contribution in [-0.4, -0.2) is 64.5 Å². The molecule has 2 N–H and O–H groups in total. The zero-order chi connectivity index (χ0) is 22.2. The second-order valence-corrected chi connectivity index (χ2v) is 8.48. The summed E-state index contributed by atoms with van der Waals surface area (Å²) >= 11 is 0. The minimum atomic E-state index is -0.185. The molecule has 168 valence electrons. The summed E-state index contributed by atoms with van der Waals surface area (Å²) in [4.78, 5) is 22.2. The Bertz CT molecular complexity index is 1280. The van der Waals surface area contributed by atoms with Gasteiger partial charge in [-0.05, 0) is 41.8 Å². The SMILES string of the molecule is OC[C@@H]1c2ccccc2CCN1c1nc(-c2ccc3[nH]ccc3c2)nc(N2CCOCC2)n1. The highest BCUT2D eigenvalue weighted by Gasteiger charge is 2.30. The Balaban J connectivity index is 1.46. The Hall–Kier alpha value is -3.49. The number of nitrogens with one attached hydrogen (secondary N) is 1. The van der Waals surface area contributed by atoms with Crippen LogP contribution in [0.3, 0.4) is 0 Å². The molecule has 0 saturated carbocycles. The first kappa shape index (κ1) is 20.1. The fourth-order valence-corrected chi connectivity index (χ4v) is 4.80. The number of aromatic amines is 1. The maximum Gasteiger partial charge on any atom is 0.231 e. The van der Waals surface area contributed by atoms with Gasteiger partial charge >= 0.3 is 0 Å². The highest BCUT2D eigenvalue weighted by molar-refractivity contribution is 5.84. The van der Waals surface area contributed by atoms with Gasteiger partial charge in [-0.1, -0.05) is 24.3 Å². The minimum absolute atomic E-state index is 0.000225. The number of ether oxygens (including phenoxy) is 1. The maximum absolute atomic E-state index is 10.3. The number of anilines is 2. The summed E-state index contributed by atoms with van der Waals surface area (Å²) in [6.45, 7) is 3.54. The Morgan fingerprint density at radius 2 is 1.82 bits per heavy atom. The lowest BCUT2D eigenvalue weighted by atomic mass is 9.93. The van der Waals surface area contributed by atoms with E-state index in [0.717, 1.165) is 48.1 Å². The normalized spacial score (nSPS) is 18.5. The maximum atomic E-state index is 10.3. The summed E-state index contributed by atoms with van der Waals surface area (Å²) in [5.74, 6) is 1.90. The van der Waals surface area contributed by atoms with Crippen molar-refractivity contribution in [1.29, 1.82) is 0 Å². The number of rotatable bonds is 4. The molecule has 4 aromatic rings. The molecule has 1 saturated heterocycles. The highest BCUT2D eigenvalue weighted by atomic mass is 16.5. The smallest absolute Gasteiger partial charge is 0.231 e. The molecule has 6 rings (SSSR count). The average molecular weight is 443 g/mol. The van der Waals surface area contributed by atoms with Crippen molar-refractivity contribution in [2.45, 2.75) is 12.5 Å². The molecule has 0 amide bonds. The Morgan fingerprint density at radius 3 is 2.70 bits per heavy atom. The summed E-state index contributed by atoms with van der Waals surface area (Å²) in [7, 11) is 0. The van der Waals surface area contributed by atoms with E-state index in [9.17, 15) is 5.11 Å². The molecule has 4 heterocycles. The van der Waals surface area contributed by atoms with Crippen molar-refractivity contribution in [3.63, 3.8) is 0 Å². The number of H-pyrrole nitrogens is 1. The predicted octanol–water partition coefficient (Wildman–Crippen LogP) is 2.95. The van der Waals surface area contributed by atoms with Gasteiger partial charge in [0.2, 0.25) is 11.9 Å². The number of hydrogen-bond donors (Lipinski definition) is 2. The van der Waals surface area contributed by atoms with E-state index < -0.39 is 0 Å². The van der Waals surface area contributed by atoms with E-state index in [1.165, 1.54) is 5.56 Å². The lowest BCUT2D eigenvalue weighted by Crippen LogP contribution is -2.40. The van der Waals surface area contributed by atoms with Gasteiger partial charge in [-0.2, -0.15) is 15.0 Å². The number of morpholine rings is 1. The number of fused-ring (bicyclic) bond motifs is 2. The van der Waals surface area contributed by atoms with E-state index in [-0.39, 0.29) is 12.6 Å². The fourth-order valence-electron chi connectivity index (χ4n) is 4.80. The third kappa shape index (κ3) is 3.71. The Kier molecular flexibility index (Phi) is 5.16. The van der Waals surface area contributed by atoms with Gasteiger partial charge in [-0.25, -0.2) is 0 Å². The first-order valence-corrected chi connectivity index (χ1v) is 11.4. The Labute approximate surface area is 191 Å². The second-order valence-electron chi connectivity index (χ2n) is 8.48. The van der Waals surface area contributed by atoms with Crippen LogP contribution < -0.4 is 9.80 Å². The molecular weight excluding hydrogens is 416 g/mol. The van der Waals surface area contributed by atoms with Crippen molar-refractivity contribution in [3.05, 3.63) is 65.9 Å². The molecule has 1 atom stereocenters. The van der Waals surface area contributed by atoms with E-state index >= 15 is 0 Å². The third-order valence-electron chi connectivity index (χ3n) is 6.56. The van der Waals surface area contributed by atoms with Crippen molar-refractivity contribution < 1.29 is 9.84 Å². The van der Waals surface area contributed by atoms with Gasteiger partial charge in [-0.15, -0.1) is 0 Å². The molecule has 8 nitrogen and oxygen atoms in total. The predicted molar refractivity (Wildman–Crippen MR) is 127 cm³/mol. The lowest BCUT2D eigenvalue weighted by molar-refractivity contribution is 0.122. The molecule has 2 aliphatic heterocycles. The molecule has 2 aromatic heterocycles. The van der Waals surface area contributed by atoms with E-state index in [4.69, 9.17) is 19.7 Å². The van der Waals surface area contributed by atoms with Crippen molar-refractivity contribution in [3.8, 4) is 11.4 Å². The van der Waals surface area contributed by atoms with E-state index in [1.54, 1.807) is 0 Å². The topological polar surface area (TPSA) is 90.4 Å². The first-order chi connectivity index (χ1) is 16.3. The molecule has 8 heteroatoms. The van der Waals surface area contributed by atoms with Gasteiger partial charge in [0.15, 0.2) is 5.82 Å². The summed E-state index contributed by atoms with van der Waals surface area (Å²) in [5.41, 5.74) is 4.43. The molecule has 33 heavy (non-hydrogen) atoms. The molecule has 1 fully saturated rings. The number of benzene rings is 2. The van der Waals surface area contributed by atoms with Crippen LogP contribution in [0.2, 0.25) is 0 Å². The van der Waals surface area contributed by atoms with E-state index in [1.807, 2.05) is 24.4 Å². The molecule has 0 radical (unpaired) electrons. The van der Waals surface area contributed by atoms with Gasteiger partial charge in [0, 0.05) is 42.3 Å². The molecular formula is C25H26N6O2. The minimum Gasteiger partial charge on any atom is -0.394 e. The zero-order valence-electron chi connectivity index (χ0n) is 18.3. The largest absolute Gasteiger partial charge is 0.394 e. The molecule has 0 bridgehead atoms. The molecule has 0 aliphatic carbocycles. The summed E-state index contributed by atoms with van der Waals surface area (Å²) in [5, 5.41) is 11.4. The quantitative estimate of drug-likeness (QED) is 0.502. The number of nitrogens with zero attached hydrogens (tertiary/aromatic N) is 5. The fraction of sp³-hybridized carbons (Fsp3) is 0.320. The van der Waals surface area contributed by atoms with Crippen LogP contribution >= 0.6 is 0 Å².